The molecule has 1 aromatic rings. The van der Waals surface area contributed by atoms with E-state index in [4.69, 9.17) is 0 Å². The van der Waals surface area contributed by atoms with Crippen LogP contribution in [0.4, 0.5) is 11.4 Å². The van der Waals surface area contributed by atoms with E-state index in [0.717, 1.165) is 44.6 Å². The number of anilines is 2. The normalized spacial score (nSPS) is 22.3. The lowest BCUT2D eigenvalue weighted by molar-refractivity contribution is -0.118. The van der Waals surface area contributed by atoms with Crippen LogP contribution >= 0.6 is 0 Å². The first-order valence-corrected chi connectivity index (χ1v) is 8.76. The second-order valence-corrected chi connectivity index (χ2v) is 6.59. The molecule has 1 atom stereocenters. The molecule has 23 heavy (non-hydrogen) atoms. The van der Waals surface area contributed by atoms with Crippen LogP contribution in [0, 0.1) is 0 Å². The fraction of sp³-hybridized carbons (Fsp3) is 0.611. The van der Waals surface area contributed by atoms with Crippen molar-refractivity contribution in [2.75, 3.05) is 43.0 Å². The van der Waals surface area contributed by atoms with Gasteiger partial charge in [0.1, 0.15) is 0 Å². The number of benzene rings is 1. The van der Waals surface area contributed by atoms with E-state index in [1.807, 2.05) is 12.1 Å². The summed E-state index contributed by atoms with van der Waals surface area (Å²) in [7, 11) is 0. The number of amides is 1. The summed E-state index contributed by atoms with van der Waals surface area (Å²) < 4.78 is 0. The standard InChI is InChI=1S/C18H27N3O2/c22-14-17-5-1-2-12-21(17)13-18(23)19-15-6-8-16(9-7-15)20-10-3-4-11-20/h6-9,17,22H,1-5,10-14H2,(H,19,23)/t17-/m1/s1. The lowest BCUT2D eigenvalue weighted by Gasteiger charge is -2.33. The van der Waals surface area contributed by atoms with Gasteiger partial charge in [-0.3, -0.25) is 9.69 Å². The summed E-state index contributed by atoms with van der Waals surface area (Å²) in [6.45, 7) is 3.65. The van der Waals surface area contributed by atoms with Gasteiger partial charge in [0.2, 0.25) is 5.91 Å². The van der Waals surface area contributed by atoms with Crippen LogP contribution in [0.5, 0.6) is 0 Å². The summed E-state index contributed by atoms with van der Waals surface area (Å²) in [4.78, 5) is 16.7. The smallest absolute Gasteiger partial charge is 0.238 e. The number of rotatable bonds is 5. The number of hydrogen-bond donors (Lipinski definition) is 2. The molecule has 126 valence electrons. The predicted molar refractivity (Wildman–Crippen MR) is 92.8 cm³/mol. The highest BCUT2D eigenvalue weighted by molar-refractivity contribution is 5.92. The predicted octanol–water partition coefficient (Wildman–Crippen LogP) is 2.07. The van der Waals surface area contributed by atoms with Crippen molar-refractivity contribution in [2.45, 2.75) is 38.1 Å². The molecular formula is C18H27N3O2. The van der Waals surface area contributed by atoms with Crippen molar-refractivity contribution < 1.29 is 9.90 Å². The molecule has 2 aliphatic rings. The van der Waals surface area contributed by atoms with Crippen molar-refractivity contribution in [1.82, 2.24) is 4.90 Å². The molecule has 2 saturated heterocycles. The van der Waals surface area contributed by atoms with Gasteiger partial charge in [-0.15, -0.1) is 0 Å². The first-order chi connectivity index (χ1) is 11.3. The minimum absolute atomic E-state index is 0.000674. The Morgan fingerprint density at radius 1 is 1.09 bits per heavy atom. The first kappa shape index (κ1) is 16.3. The molecule has 0 bridgehead atoms. The molecular weight excluding hydrogens is 290 g/mol. The van der Waals surface area contributed by atoms with Gasteiger partial charge in [0.05, 0.1) is 13.2 Å². The molecule has 0 spiro atoms. The minimum atomic E-state index is -0.000674. The van der Waals surface area contributed by atoms with Gasteiger partial charge in [-0.2, -0.15) is 0 Å². The number of aliphatic hydroxyl groups is 1. The Labute approximate surface area is 138 Å². The van der Waals surface area contributed by atoms with Crippen LogP contribution in [0.25, 0.3) is 0 Å². The van der Waals surface area contributed by atoms with E-state index >= 15 is 0 Å². The molecule has 2 fully saturated rings. The molecule has 2 N–H and O–H groups in total. The van der Waals surface area contributed by atoms with E-state index in [9.17, 15) is 9.90 Å². The highest BCUT2D eigenvalue weighted by Gasteiger charge is 2.23. The summed E-state index contributed by atoms with van der Waals surface area (Å²) in [6, 6.07) is 8.25. The minimum Gasteiger partial charge on any atom is -0.395 e. The molecule has 0 radical (unpaired) electrons. The molecule has 0 aromatic heterocycles. The third kappa shape index (κ3) is 4.24. The van der Waals surface area contributed by atoms with Gasteiger partial charge in [0.25, 0.3) is 0 Å². The number of carbonyl (C=O) groups is 1. The number of likely N-dealkylation sites (tertiary alicyclic amines) is 1. The lowest BCUT2D eigenvalue weighted by Crippen LogP contribution is -2.45. The average molecular weight is 317 g/mol. The fourth-order valence-electron chi connectivity index (χ4n) is 3.59. The Balaban J connectivity index is 1.52. The molecule has 0 unspecified atom stereocenters. The van der Waals surface area contributed by atoms with E-state index in [-0.39, 0.29) is 18.6 Å². The molecule has 0 aliphatic carbocycles. The van der Waals surface area contributed by atoms with Gasteiger partial charge in [-0.25, -0.2) is 0 Å². The Hall–Kier alpha value is -1.59. The van der Waals surface area contributed by atoms with Crippen molar-refractivity contribution in [3.8, 4) is 0 Å². The topological polar surface area (TPSA) is 55.8 Å². The van der Waals surface area contributed by atoms with Crippen LogP contribution in [0.3, 0.4) is 0 Å². The summed E-state index contributed by atoms with van der Waals surface area (Å²) in [5.74, 6) is -0.000674. The van der Waals surface area contributed by atoms with Crippen molar-refractivity contribution in [2.24, 2.45) is 0 Å². The molecule has 2 aliphatic heterocycles. The van der Waals surface area contributed by atoms with Crippen LogP contribution in [0.15, 0.2) is 24.3 Å². The molecule has 3 rings (SSSR count). The number of hydrogen-bond acceptors (Lipinski definition) is 4. The number of carbonyl (C=O) groups excluding carboxylic acids is 1. The van der Waals surface area contributed by atoms with Crippen LogP contribution in [-0.2, 0) is 4.79 Å². The first-order valence-electron chi connectivity index (χ1n) is 8.76. The second kappa shape index (κ2) is 7.79. The van der Waals surface area contributed by atoms with E-state index in [1.54, 1.807) is 0 Å². The highest BCUT2D eigenvalue weighted by atomic mass is 16.3. The SMILES string of the molecule is O=C(CN1CCCC[C@@H]1CO)Nc1ccc(N2CCCC2)cc1. The molecule has 2 heterocycles. The van der Waals surface area contributed by atoms with Crippen molar-refractivity contribution >= 4 is 17.3 Å². The second-order valence-electron chi connectivity index (χ2n) is 6.59. The zero-order valence-corrected chi connectivity index (χ0v) is 13.7. The van der Waals surface area contributed by atoms with E-state index in [0.29, 0.717) is 6.54 Å². The van der Waals surface area contributed by atoms with Crippen molar-refractivity contribution in [1.29, 1.82) is 0 Å². The quantitative estimate of drug-likeness (QED) is 0.873. The maximum atomic E-state index is 12.2. The van der Waals surface area contributed by atoms with Crippen molar-refractivity contribution in [3.63, 3.8) is 0 Å². The monoisotopic (exact) mass is 317 g/mol. The fourth-order valence-corrected chi connectivity index (χ4v) is 3.59. The van der Waals surface area contributed by atoms with Gasteiger partial charge in [0, 0.05) is 30.5 Å². The maximum Gasteiger partial charge on any atom is 0.238 e. The Bertz CT molecular complexity index is 512. The number of nitrogens with one attached hydrogen (secondary N) is 1. The average Bonchev–Trinajstić information content (AvgIpc) is 3.10. The largest absolute Gasteiger partial charge is 0.395 e. The Kier molecular flexibility index (Phi) is 5.51. The molecule has 1 amide bonds. The zero-order valence-electron chi connectivity index (χ0n) is 13.7. The Morgan fingerprint density at radius 2 is 1.78 bits per heavy atom. The van der Waals surface area contributed by atoms with Gasteiger partial charge in [-0.1, -0.05) is 6.42 Å². The van der Waals surface area contributed by atoms with Gasteiger partial charge in [-0.05, 0) is 56.5 Å². The van der Waals surface area contributed by atoms with Gasteiger partial charge < -0.3 is 15.3 Å². The van der Waals surface area contributed by atoms with E-state index < -0.39 is 0 Å². The van der Waals surface area contributed by atoms with Crippen LogP contribution < -0.4 is 10.2 Å². The van der Waals surface area contributed by atoms with Crippen molar-refractivity contribution in [3.05, 3.63) is 24.3 Å². The van der Waals surface area contributed by atoms with Gasteiger partial charge in [0.15, 0.2) is 0 Å². The van der Waals surface area contributed by atoms with Crippen LogP contribution in [0.2, 0.25) is 0 Å². The lowest BCUT2D eigenvalue weighted by atomic mass is 10.0. The van der Waals surface area contributed by atoms with Gasteiger partial charge >= 0.3 is 0 Å². The maximum absolute atomic E-state index is 12.2. The third-order valence-corrected chi connectivity index (χ3v) is 4.93. The van der Waals surface area contributed by atoms with Crippen LogP contribution in [0.1, 0.15) is 32.1 Å². The number of aliphatic hydroxyl groups excluding tert-OH is 1. The van der Waals surface area contributed by atoms with Crippen LogP contribution in [-0.4, -0.2) is 54.7 Å². The van der Waals surface area contributed by atoms with E-state index in [1.165, 1.54) is 18.5 Å². The summed E-state index contributed by atoms with van der Waals surface area (Å²) in [6.07, 6.45) is 5.75. The van der Waals surface area contributed by atoms with E-state index in [2.05, 4.69) is 27.2 Å². The molecule has 5 nitrogen and oxygen atoms in total. The zero-order chi connectivity index (χ0) is 16.1. The summed E-state index contributed by atoms with van der Waals surface area (Å²) in [5.41, 5.74) is 2.08. The highest BCUT2D eigenvalue weighted by Crippen LogP contribution is 2.22. The summed E-state index contributed by atoms with van der Waals surface area (Å²) in [5, 5.41) is 12.4. The third-order valence-electron chi connectivity index (χ3n) is 4.93. The molecule has 1 aromatic carbocycles. The molecule has 5 heteroatoms. The number of nitrogens with zero attached hydrogens (tertiary/aromatic N) is 2. The summed E-state index contributed by atoms with van der Waals surface area (Å²) >= 11 is 0. The number of piperidine rings is 1. The Morgan fingerprint density at radius 3 is 2.48 bits per heavy atom. The molecule has 0 saturated carbocycles.